The fourth-order valence-corrected chi connectivity index (χ4v) is 2.49. The van der Waals surface area contributed by atoms with Gasteiger partial charge in [-0.15, -0.1) is 0 Å². The number of nitrogens with zero attached hydrogens (tertiary/aromatic N) is 2. The predicted octanol–water partition coefficient (Wildman–Crippen LogP) is 2.05. The molecule has 19 heavy (non-hydrogen) atoms. The molecule has 5 heteroatoms. The Morgan fingerprint density at radius 1 is 1.37 bits per heavy atom. The lowest BCUT2D eigenvalue weighted by Crippen LogP contribution is -2.42. The Balaban J connectivity index is 2.18. The molecule has 0 atom stereocenters. The summed E-state index contributed by atoms with van der Waals surface area (Å²) < 4.78 is 13.5. The SMILES string of the molecule is CN1CCC(N(C)c2cc(F)cc(C(=O)O)c2)CC1. The van der Waals surface area contributed by atoms with Gasteiger partial charge in [-0.3, -0.25) is 0 Å². The summed E-state index contributed by atoms with van der Waals surface area (Å²) in [7, 11) is 3.98. The molecule has 104 valence electrons. The molecule has 1 aromatic carbocycles. The Morgan fingerprint density at radius 3 is 2.58 bits per heavy atom. The summed E-state index contributed by atoms with van der Waals surface area (Å²) in [4.78, 5) is 15.2. The monoisotopic (exact) mass is 266 g/mol. The molecule has 1 saturated heterocycles. The second kappa shape index (κ2) is 5.57. The van der Waals surface area contributed by atoms with Gasteiger partial charge in [-0.25, -0.2) is 9.18 Å². The first-order valence-corrected chi connectivity index (χ1v) is 6.42. The van der Waals surface area contributed by atoms with Crippen molar-refractivity contribution in [2.75, 3.05) is 32.1 Å². The van der Waals surface area contributed by atoms with Gasteiger partial charge in [-0.1, -0.05) is 0 Å². The van der Waals surface area contributed by atoms with Crippen molar-refractivity contribution in [3.05, 3.63) is 29.6 Å². The highest BCUT2D eigenvalue weighted by Crippen LogP contribution is 2.24. The normalized spacial score (nSPS) is 17.4. The zero-order valence-corrected chi connectivity index (χ0v) is 11.3. The van der Waals surface area contributed by atoms with E-state index in [9.17, 15) is 9.18 Å². The molecule has 1 N–H and O–H groups in total. The van der Waals surface area contributed by atoms with Crippen LogP contribution in [0.25, 0.3) is 0 Å². The molecule has 1 aliphatic heterocycles. The maximum Gasteiger partial charge on any atom is 0.335 e. The lowest BCUT2D eigenvalue weighted by molar-refractivity contribution is 0.0696. The summed E-state index contributed by atoms with van der Waals surface area (Å²) >= 11 is 0. The molecule has 0 aromatic heterocycles. The lowest BCUT2D eigenvalue weighted by Gasteiger charge is -2.36. The van der Waals surface area contributed by atoms with Crippen LogP contribution in [0.4, 0.5) is 10.1 Å². The first kappa shape index (κ1) is 13.8. The number of carboxylic acids is 1. The summed E-state index contributed by atoms with van der Waals surface area (Å²) in [5.74, 6) is -1.60. The number of benzene rings is 1. The van der Waals surface area contributed by atoms with Crippen molar-refractivity contribution in [3.8, 4) is 0 Å². The molecule has 1 aromatic rings. The largest absolute Gasteiger partial charge is 0.478 e. The molecule has 1 heterocycles. The molecular weight excluding hydrogens is 247 g/mol. The number of anilines is 1. The van der Waals surface area contributed by atoms with Gasteiger partial charge in [0, 0.05) is 18.8 Å². The number of likely N-dealkylation sites (tertiary alicyclic amines) is 1. The van der Waals surface area contributed by atoms with E-state index in [1.165, 1.54) is 12.1 Å². The maximum absolute atomic E-state index is 13.5. The smallest absolute Gasteiger partial charge is 0.335 e. The number of carboxylic acid groups (broad SMARTS) is 1. The molecule has 0 unspecified atom stereocenters. The Labute approximate surface area is 112 Å². The molecule has 0 saturated carbocycles. The van der Waals surface area contributed by atoms with Crippen molar-refractivity contribution in [1.82, 2.24) is 4.90 Å². The van der Waals surface area contributed by atoms with Crippen LogP contribution in [-0.4, -0.2) is 49.2 Å². The molecule has 0 bridgehead atoms. The summed E-state index contributed by atoms with van der Waals surface area (Å²) in [5, 5.41) is 8.97. The lowest BCUT2D eigenvalue weighted by atomic mass is 10.0. The highest BCUT2D eigenvalue weighted by molar-refractivity contribution is 5.88. The molecule has 1 aliphatic rings. The quantitative estimate of drug-likeness (QED) is 0.909. The molecule has 0 aliphatic carbocycles. The molecule has 2 rings (SSSR count). The van der Waals surface area contributed by atoms with Crippen molar-refractivity contribution >= 4 is 11.7 Å². The van der Waals surface area contributed by atoms with Gasteiger partial charge in [-0.05, 0) is 51.2 Å². The Hall–Kier alpha value is -1.62. The Morgan fingerprint density at radius 2 is 2.00 bits per heavy atom. The average Bonchev–Trinajstić information content (AvgIpc) is 2.38. The first-order chi connectivity index (χ1) is 8.97. The molecule has 4 nitrogen and oxygen atoms in total. The van der Waals surface area contributed by atoms with Crippen LogP contribution in [0.3, 0.4) is 0 Å². The van der Waals surface area contributed by atoms with Crippen molar-refractivity contribution in [2.24, 2.45) is 0 Å². The third kappa shape index (κ3) is 3.23. The maximum atomic E-state index is 13.5. The number of hydrogen-bond donors (Lipinski definition) is 1. The van der Waals surface area contributed by atoms with Crippen molar-refractivity contribution in [2.45, 2.75) is 18.9 Å². The van der Waals surface area contributed by atoms with Gasteiger partial charge in [0.2, 0.25) is 0 Å². The number of carbonyl (C=O) groups is 1. The molecule has 1 fully saturated rings. The average molecular weight is 266 g/mol. The second-order valence-electron chi connectivity index (χ2n) is 5.15. The van der Waals surface area contributed by atoms with Gasteiger partial charge in [0.05, 0.1) is 5.56 Å². The van der Waals surface area contributed by atoms with Gasteiger partial charge in [0.15, 0.2) is 0 Å². The molecule has 0 radical (unpaired) electrons. The molecular formula is C14H19FN2O2. The molecule has 0 amide bonds. The highest BCUT2D eigenvalue weighted by atomic mass is 19.1. The summed E-state index contributed by atoms with van der Waals surface area (Å²) in [5.41, 5.74) is 0.627. The summed E-state index contributed by atoms with van der Waals surface area (Å²) in [6.07, 6.45) is 2.01. The van der Waals surface area contributed by atoms with E-state index in [1.54, 1.807) is 0 Å². The third-order valence-corrected chi connectivity index (χ3v) is 3.77. The fraction of sp³-hybridized carbons (Fsp3) is 0.500. The van der Waals surface area contributed by atoms with Crippen LogP contribution in [-0.2, 0) is 0 Å². The van der Waals surface area contributed by atoms with E-state index in [0.29, 0.717) is 11.7 Å². The van der Waals surface area contributed by atoms with Gasteiger partial charge in [0.25, 0.3) is 0 Å². The van der Waals surface area contributed by atoms with Gasteiger partial charge >= 0.3 is 5.97 Å². The number of hydrogen-bond acceptors (Lipinski definition) is 3. The Kier molecular flexibility index (Phi) is 4.04. The minimum Gasteiger partial charge on any atom is -0.478 e. The van der Waals surface area contributed by atoms with E-state index >= 15 is 0 Å². The fourth-order valence-electron chi connectivity index (χ4n) is 2.49. The zero-order chi connectivity index (χ0) is 14.0. The van der Waals surface area contributed by atoms with E-state index < -0.39 is 11.8 Å². The van der Waals surface area contributed by atoms with Gasteiger partial charge < -0.3 is 14.9 Å². The van der Waals surface area contributed by atoms with E-state index in [1.807, 2.05) is 11.9 Å². The van der Waals surface area contributed by atoms with E-state index in [0.717, 1.165) is 32.0 Å². The van der Waals surface area contributed by atoms with E-state index in [2.05, 4.69) is 11.9 Å². The summed E-state index contributed by atoms with van der Waals surface area (Å²) in [6, 6.07) is 4.31. The third-order valence-electron chi connectivity index (χ3n) is 3.77. The Bertz CT molecular complexity index is 471. The number of rotatable bonds is 3. The van der Waals surface area contributed by atoms with Crippen LogP contribution in [0, 0.1) is 5.82 Å². The minimum atomic E-state index is -1.10. The van der Waals surface area contributed by atoms with Gasteiger partial charge in [0.1, 0.15) is 5.82 Å². The number of halogens is 1. The van der Waals surface area contributed by atoms with Crippen LogP contribution in [0.1, 0.15) is 23.2 Å². The van der Waals surface area contributed by atoms with Crippen LogP contribution in [0.15, 0.2) is 18.2 Å². The second-order valence-corrected chi connectivity index (χ2v) is 5.15. The summed E-state index contributed by atoms with van der Waals surface area (Å²) in [6.45, 7) is 2.02. The first-order valence-electron chi connectivity index (χ1n) is 6.42. The van der Waals surface area contributed by atoms with Crippen molar-refractivity contribution in [1.29, 1.82) is 0 Å². The predicted molar refractivity (Wildman–Crippen MR) is 72.3 cm³/mol. The van der Waals surface area contributed by atoms with Crippen LogP contribution in [0.5, 0.6) is 0 Å². The standard InChI is InChI=1S/C14H19FN2O2/c1-16-5-3-12(4-6-16)17(2)13-8-10(14(18)19)7-11(15)9-13/h7-9,12H,3-6H2,1-2H3,(H,18,19). The van der Waals surface area contributed by atoms with Crippen LogP contribution >= 0.6 is 0 Å². The number of piperidine rings is 1. The van der Waals surface area contributed by atoms with Crippen molar-refractivity contribution < 1.29 is 14.3 Å². The zero-order valence-electron chi connectivity index (χ0n) is 11.3. The topological polar surface area (TPSA) is 43.8 Å². The molecule has 0 spiro atoms. The van der Waals surface area contributed by atoms with Crippen molar-refractivity contribution in [3.63, 3.8) is 0 Å². The van der Waals surface area contributed by atoms with Crippen LogP contribution in [0.2, 0.25) is 0 Å². The van der Waals surface area contributed by atoms with E-state index in [-0.39, 0.29) is 5.56 Å². The van der Waals surface area contributed by atoms with Crippen LogP contribution < -0.4 is 4.90 Å². The number of aromatic carboxylic acids is 1. The van der Waals surface area contributed by atoms with E-state index in [4.69, 9.17) is 5.11 Å². The highest BCUT2D eigenvalue weighted by Gasteiger charge is 2.21. The van der Waals surface area contributed by atoms with Gasteiger partial charge in [-0.2, -0.15) is 0 Å². The minimum absolute atomic E-state index is 0.00484.